The van der Waals surface area contributed by atoms with E-state index in [-0.39, 0.29) is 11.9 Å². The third-order valence-electron chi connectivity index (χ3n) is 5.33. The van der Waals surface area contributed by atoms with Crippen molar-refractivity contribution >= 4 is 17.3 Å². The van der Waals surface area contributed by atoms with Crippen molar-refractivity contribution in [1.29, 1.82) is 0 Å². The van der Waals surface area contributed by atoms with Crippen molar-refractivity contribution < 1.29 is 13.9 Å². The molecular formula is C23H18ClFN2O2. The summed E-state index contributed by atoms with van der Waals surface area (Å²) in [5, 5.41) is 7.54. The second kappa shape index (κ2) is 7.08. The minimum absolute atomic E-state index is 0.00502. The van der Waals surface area contributed by atoms with E-state index in [1.165, 1.54) is 12.1 Å². The average molecular weight is 409 g/mol. The van der Waals surface area contributed by atoms with Crippen LogP contribution in [-0.4, -0.2) is 17.8 Å². The van der Waals surface area contributed by atoms with Gasteiger partial charge in [-0.1, -0.05) is 48.0 Å². The summed E-state index contributed by atoms with van der Waals surface area (Å²) < 4.78 is 25.4. The Balaban J connectivity index is 1.61. The van der Waals surface area contributed by atoms with Gasteiger partial charge in [-0.15, -0.1) is 0 Å². The van der Waals surface area contributed by atoms with Crippen molar-refractivity contribution in [3.63, 3.8) is 0 Å². The fourth-order valence-corrected chi connectivity index (χ4v) is 4.03. The van der Waals surface area contributed by atoms with Gasteiger partial charge in [0.15, 0.2) is 11.5 Å². The molecule has 0 saturated carbocycles. The molecule has 5 rings (SSSR count). The van der Waals surface area contributed by atoms with Crippen molar-refractivity contribution in [2.24, 2.45) is 5.10 Å². The summed E-state index contributed by atoms with van der Waals surface area (Å²) in [4.78, 5) is 0. The number of nitrogens with zero attached hydrogens (tertiary/aromatic N) is 2. The van der Waals surface area contributed by atoms with Crippen LogP contribution in [0, 0.1) is 5.82 Å². The lowest BCUT2D eigenvalue weighted by Crippen LogP contribution is -2.33. The molecule has 0 N–H and O–H groups in total. The van der Waals surface area contributed by atoms with Gasteiger partial charge in [-0.25, -0.2) is 9.40 Å². The molecule has 2 atom stereocenters. The van der Waals surface area contributed by atoms with Gasteiger partial charge in [-0.05, 0) is 35.9 Å². The zero-order valence-corrected chi connectivity index (χ0v) is 16.4. The Bertz CT molecular complexity index is 1080. The first kappa shape index (κ1) is 18.0. The van der Waals surface area contributed by atoms with E-state index in [2.05, 4.69) is 0 Å². The molecule has 3 aromatic carbocycles. The molecule has 0 saturated heterocycles. The third kappa shape index (κ3) is 3.12. The van der Waals surface area contributed by atoms with Crippen LogP contribution in [0.25, 0.3) is 0 Å². The fourth-order valence-electron chi connectivity index (χ4n) is 3.91. The molecule has 4 nitrogen and oxygen atoms in total. The summed E-state index contributed by atoms with van der Waals surface area (Å²) in [5.41, 5.74) is 3.83. The molecule has 0 bridgehead atoms. The second-order valence-corrected chi connectivity index (χ2v) is 7.49. The summed E-state index contributed by atoms with van der Waals surface area (Å²) in [6.07, 6.45) is 0.247. The monoisotopic (exact) mass is 408 g/mol. The van der Waals surface area contributed by atoms with Gasteiger partial charge in [0.2, 0.25) is 6.23 Å². The molecule has 6 heteroatoms. The minimum atomic E-state index is -0.478. The lowest BCUT2D eigenvalue weighted by molar-refractivity contribution is -0.0209. The molecule has 0 radical (unpaired) electrons. The van der Waals surface area contributed by atoms with E-state index in [4.69, 9.17) is 26.2 Å². The summed E-state index contributed by atoms with van der Waals surface area (Å²) in [6.45, 7) is 0. The van der Waals surface area contributed by atoms with Crippen LogP contribution in [-0.2, 0) is 0 Å². The molecule has 29 heavy (non-hydrogen) atoms. The van der Waals surface area contributed by atoms with Crippen molar-refractivity contribution in [3.05, 3.63) is 94.3 Å². The second-order valence-electron chi connectivity index (χ2n) is 7.05. The molecule has 0 aliphatic carbocycles. The minimum Gasteiger partial charge on any atom is -0.493 e. The Kier molecular flexibility index (Phi) is 4.40. The zero-order chi connectivity index (χ0) is 20.0. The molecule has 2 aliphatic heterocycles. The highest BCUT2D eigenvalue weighted by molar-refractivity contribution is 6.30. The molecule has 0 unspecified atom stereocenters. The van der Waals surface area contributed by atoms with Gasteiger partial charge in [-0.2, -0.15) is 5.10 Å². The Morgan fingerprint density at radius 2 is 1.83 bits per heavy atom. The lowest BCUT2D eigenvalue weighted by atomic mass is 9.95. The molecule has 0 aromatic heterocycles. The standard InChI is InChI=1S/C23H18ClFN2O2/c1-28-21-4-2-3-18-20-13-19(14-5-9-16(24)10-6-14)26-27(20)23(29-22(18)21)15-7-11-17(25)12-8-15/h2-12,20,23H,13H2,1H3/t20-,23-/m1/s1. The van der Waals surface area contributed by atoms with E-state index >= 15 is 0 Å². The highest BCUT2D eigenvalue weighted by Crippen LogP contribution is 2.50. The third-order valence-corrected chi connectivity index (χ3v) is 5.58. The Labute approximate surface area is 173 Å². The van der Waals surface area contributed by atoms with E-state index < -0.39 is 6.23 Å². The van der Waals surface area contributed by atoms with Crippen molar-refractivity contribution in [3.8, 4) is 11.5 Å². The van der Waals surface area contributed by atoms with Gasteiger partial charge in [0, 0.05) is 22.6 Å². The lowest BCUT2D eigenvalue weighted by Gasteiger charge is -2.38. The van der Waals surface area contributed by atoms with E-state index in [0.717, 1.165) is 28.8 Å². The summed E-state index contributed by atoms with van der Waals surface area (Å²) in [7, 11) is 1.63. The molecule has 3 aromatic rings. The molecule has 146 valence electrons. The van der Waals surface area contributed by atoms with Crippen LogP contribution >= 0.6 is 11.6 Å². The predicted molar refractivity (Wildman–Crippen MR) is 110 cm³/mol. The molecule has 0 amide bonds. The van der Waals surface area contributed by atoms with E-state index in [9.17, 15) is 4.39 Å². The van der Waals surface area contributed by atoms with Crippen LogP contribution in [0.5, 0.6) is 11.5 Å². The first-order chi connectivity index (χ1) is 14.1. The molecular weight excluding hydrogens is 391 g/mol. The number of fused-ring (bicyclic) bond motifs is 3. The first-order valence-electron chi connectivity index (χ1n) is 9.35. The van der Waals surface area contributed by atoms with E-state index in [1.807, 2.05) is 47.5 Å². The highest BCUT2D eigenvalue weighted by atomic mass is 35.5. The Morgan fingerprint density at radius 1 is 1.07 bits per heavy atom. The summed E-state index contributed by atoms with van der Waals surface area (Å²) in [6, 6.07) is 19.9. The van der Waals surface area contributed by atoms with Crippen molar-refractivity contribution in [2.75, 3.05) is 7.11 Å². The fraction of sp³-hybridized carbons (Fsp3) is 0.174. The number of hydrogen-bond acceptors (Lipinski definition) is 4. The van der Waals surface area contributed by atoms with E-state index in [1.54, 1.807) is 19.2 Å². The SMILES string of the molecule is COc1cccc2c1O[C@H](c1ccc(F)cc1)N1N=C(c3ccc(Cl)cc3)C[C@H]21. The van der Waals surface area contributed by atoms with Crippen LogP contribution in [0.2, 0.25) is 5.02 Å². The maximum Gasteiger partial charge on any atom is 0.214 e. The average Bonchev–Trinajstić information content (AvgIpc) is 3.19. The van der Waals surface area contributed by atoms with Gasteiger partial charge in [0.1, 0.15) is 5.82 Å². The van der Waals surface area contributed by atoms with Gasteiger partial charge in [0.05, 0.1) is 18.9 Å². The molecule has 2 heterocycles. The van der Waals surface area contributed by atoms with Crippen molar-refractivity contribution in [1.82, 2.24) is 5.01 Å². The largest absolute Gasteiger partial charge is 0.493 e. The molecule has 0 fully saturated rings. The van der Waals surface area contributed by atoms with Gasteiger partial charge in [-0.3, -0.25) is 0 Å². The number of ether oxygens (including phenoxy) is 2. The smallest absolute Gasteiger partial charge is 0.214 e. The van der Waals surface area contributed by atoms with Crippen LogP contribution in [0.1, 0.15) is 35.4 Å². The predicted octanol–water partition coefficient (Wildman–Crippen LogP) is 5.73. The quantitative estimate of drug-likeness (QED) is 0.555. The molecule has 2 aliphatic rings. The van der Waals surface area contributed by atoms with Crippen LogP contribution in [0.3, 0.4) is 0 Å². The number of hydrazone groups is 1. The van der Waals surface area contributed by atoms with Gasteiger partial charge < -0.3 is 9.47 Å². The number of rotatable bonds is 3. The van der Waals surface area contributed by atoms with Crippen LogP contribution in [0.15, 0.2) is 71.8 Å². The van der Waals surface area contributed by atoms with Crippen LogP contribution in [0.4, 0.5) is 4.39 Å². The van der Waals surface area contributed by atoms with Crippen LogP contribution < -0.4 is 9.47 Å². The maximum atomic E-state index is 13.5. The normalized spacial score (nSPS) is 19.8. The Morgan fingerprint density at radius 3 is 2.55 bits per heavy atom. The summed E-state index contributed by atoms with van der Waals surface area (Å²) >= 11 is 6.04. The number of methoxy groups -OCH3 is 1. The van der Waals surface area contributed by atoms with E-state index in [0.29, 0.717) is 16.5 Å². The zero-order valence-electron chi connectivity index (χ0n) is 15.7. The van der Waals surface area contributed by atoms with Crippen molar-refractivity contribution in [2.45, 2.75) is 18.7 Å². The number of para-hydroxylation sites is 1. The number of hydrogen-bond donors (Lipinski definition) is 0. The maximum absolute atomic E-state index is 13.5. The summed E-state index contributed by atoms with van der Waals surface area (Å²) in [5.74, 6) is 1.10. The first-order valence-corrected chi connectivity index (χ1v) is 9.72. The molecule has 0 spiro atoms. The highest BCUT2D eigenvalue weighted by Gasteiger charge is 2.42. The van der Waals surface area contributed by atoms with Gasteiger partial charge in [0.25, 0.3) is 0 Å². The Hall–Kier alpha value is -3.05. The van der Waals surface area contributed by atoms with Gasteiger partial charge >= 0.3 is 0 Å². The number of halogens is 2. The topological polar surface area (TPSA) is 34.1 Å². The number of benzene rings is 3.